The minimum atomic E-state index is 0.172. The highest BCUT2D eigenvalue weighted by molar-refractivity contribution is 5.79. The number of methoxy groups -OCH3 is 1. The van der Waals surface area contributed by atoms with E-state index < -0.39 is 0 Å². The molecule has 0 spiro atoms. The standard InChI is InChI=1S/C15H24N4O/c1-11(10-20-2)17-15(19-16)18-14-8-7-12-5-3-4-6-13(12)9-14/h3-6,11,14H,7-10,16H2,1-2H3,(H2,17,18,19). The second-order valence-electron chi connectivity index (χ2n) is 5.29. The van der Waals surface area contributed by atoms with E-state index in [9.17, 15) is 0 Å². The Morgan fingerprint density at radius 3 is 2.90 bits per heavy atom. The summed E-state index contributed by atoms with van der Waals surface area (Å²) in [7, 11) is 1.68. The molecule has 0 saturated carbocycles. The van der Waals surface area contributed by atoms with Crippen LogP contribution in [0.25, 0.3) is 0 Å². The van der Waals surface area contributed by atoms with Crippen LogP contribution in [0.4, 0.5) is 0 Å². The number of hydrazine groups is 1. The van der Waals surface area contributed by atoms with Crippen LogP contribution in [0.15, 0.2) is 29.3 Å². The number of nitrogens with one attached hydrogen (secondary N) is 2. The van der Waals surface area contributed by atoms with Gasteiger partial charge in [-0.05, 0) is 37.3 Å². The number of fused-ring (bicyclic) bond motifs is 1. The van der Waals surface area contributed by atoms with Gasteiger partial charge in [0.1, 0.15) is 0 Å². The molecule has 2 unspecified atom stereocenters. The molecular formula is C15H24N4O. The first kappa shape index (κ1) is 14.8. The Kier molecular flexibility index (Phi) is 5.38. The van der Waals surface area contributed by atoms with Gasteiger partial charge in [-0.2, -0.15) is 0 Å². The molecule has 0 aromatic heterocycles. The fourth-order valence-corrected chi connectivity index (χ4v) is 2.61. The van der Waals surface area contributed by atoms with Gasteiger partial charge in [0.15, 0.2) is 0 Å². The lowest BCUT2D eigenvalue weighted by atomic mass is 9.89. The molecule has 0 aliphatic heterocycles. The number of nitrogens with two attached hydrogens (primary N) is 1. The summed E-state index contributed by atoms with van der Waals surface area (Å²) in [5, 5.41) is 3.23. The van der Waals surface area contributed by atoms with Gasteiger partial charge in [0, 0.05) is 13.2 Å². The summed E-state index contributed by atoms with van der Waals surface area (Å²) in [5.74, 6) is 6.18. The van der Waals surface area contributed by atoms with Crippen molar-refractivity contribution >= 4 is 5.96 Å². The molecule has 0 heterocycles. The van der Waals surface area contributed by atoms with Crippen molar-refractivity contribution in [2.45, 2.75) is 38.3 Å². The summed E-state index contributed by atoms with van der Waals surface area (Å²) in [4.78, 5) is 4.69. The molecule has 20 heavy (non-hydrogen) atoms. The molecule has 1 aromatic carbocycles. The molecule has 110 valence electrons. The number of hydrogen-bond donors (Lipinski definition) is 3. The summed E-state index contributed by atoms with van der Waals surface area (Å²) in [6, 6.07) is 9.03. The van der Waals surface area contributed by atoms with E-state index in [0.29, 0.717) is 12.6 Å². The van der Waals surface area contributed by atoms with E-state index >= 15 is 0 Å². The van der Waals surface area contributed by atoms with Crippen molar-refractivity contribution in [1.82, 2.24) is 10.7 Å². The van der Waals surface area contributed by atoms with E-state index in [4.69, 9.17) is 10.6 Å². The number of aliphatic imine (C=N–C) groups is 1. The number of hydrogen-bond acceptors (Lipinski definition) is 3. The van der Waals surface area contributed by atoms with Crippen LogP contribution >= 0.6 is 0 Å². The minimum Gasteiger partial charge on any atom is -0.383 e. The Balaban J connectivity index is 1.99. The molecule has 1 aliphatic rings. The molecule has 0 saturated heterocycles. The summed E-state index contributed by atoms with van der Waals surface area (Å²) in [5.41, 5.74) is 5.49. The van der Waals surface area contributed by atoms with Crippen molar-refractivity contribution in [2.24, 2.45) is 10.8 Å². The first-order valence-electron chi connectivity index (χ1n) is 7.09. The topological polar surface area (TPSA) is 71.7 Å². The van der Waals surface area contributed by atoms with Gasteiger partial charge in [0.25, 0.3) is 0 Å². The molecule has 0 radical (unpaired) electrons. The minimum absolute atomic E-state index is 0.172. The SMILES string of the molecule is COCC(C)NC(=NC1CCc2ccccc2C1)NN. The number of rotatable bonds is 4. The van der Waals surface area contributed by atoms with Crippen molar-refractivity contribution in [3.63, 3.8) is 0 Å². The van der Waals surface area contributed by atoms with Crippen LogP contribution in [0.3, 0.4) is 0 Å². The predicted molar refractivity (Wildman–Crippen MR) is 81.5 cm³/mol. The second kappa shape index (κ2) is 7.26. The Morgan fingerprint density at radius 1 is 1.45 bits per heavy atom. The Labute approximate surface area is 120 Å². The summed E-state index contributed by atoms with van der Waals surface area (Å²) in [6.07, 6.45) is 3.11. The van der Waals surface area contributed by atoms with Gasteiger partial charge in [0.05, 0.1) is 12.6 Å². The molecule has 5 heteroatoms. The molecule has 2 rings (SSSR count). The van der Waals surface area contributed by atoms with Crippen molar-refractivity contribution in [2.75, 3.05) is 13.7 Å². The van der Waals surface area contributed by atoms with Crippen LogP contribution in [0.1, 0.15) is 24.5 Å². The number of nitrogens with zero attached hydrogens (tertiary/aromatic N) is 1. The number of ether oxygens (including phenoxy) is 1. The van der Waals surface area contributed by atoms with E-state index in [2.05, 4.69) is 40.0 Å². The van der Waals surface area contributed by atoms with Crippen LogP contribution in [0.5, 0.6) is 0 Å². The highest BCUT2D eigenvalue weighted by atomic mass is 16.5. The largest absolute Gasteiger partial charge is 0.383 e. The number of aryl methyl sites for hydroxylation is 1. The summed E-state index contributed by atoms with van der Waals surface area (Å²) >= 11 is 0. The third-order valence-electron chi connectivity index (χ3n) is 3.57. The maximum atomic E-state index is 5.54. The molecule has 2 atom stereocenters. The second-order valence-corrected chi connectivity index (χ2v) is 5.29. The van der Waals surface area contributed by atoms with Crippen molar-refractivity contribution < 1.29 is 4.74 Å². The van der Waals surface area contributed by atoms with Crippen molar-refractivity contribution in [1.29, 1.82) is 0 Å². The van der Waals surface area contributed by atoms with Gasteiger partial charge in [-0.1, -0.05) is 24.3 Å². The summed E-state index contributed by atoms with van der Waals surface area (Å²) in [6.45, 7) is 2.65. The normalized spacial score (nSPS) is 20.1. The molecule has 5 nitrogen and oxygen atoms in total. The van der Waals surface area contributed by atoms with Gasteiger partial charge in [-0.3, -0.25) is 5.43 Å². The first-order valence-corrected chi connectivity index (χ1v) is 7.09. The molecule has 0 amide bonds. The van der Waals surface area contributed by atoms with Crippen LogP contribution in [-0.4, -0.2) is 31.8 Å². The van der Waals surface area contributed by atoms with E-state index in [1.165, 1.54) is 11.1 Å². The Bertz CT molecular complexity index is 461. The average Bonchev–Trinajstić information content (AvgIpc) is 2.46. The molecule has 0 bridgehead atoms. The van der Waals surface area contributed by atoms with Crippen LogP contribution in [-0.2, 0) is 17.6 Å². The zero-order valence-electron chi connectivity index (χ0n) is 12.2. The first-order chi connectivity index (χ1) is 9.72. The Hall–Kier alpha value is -1.59. The van der Waals surface area contributed by atoms with Gasteiger partial charge in [-0.15, -0.1) is 0 Å². The fourth-order valence-electron chi connectivity index (χ4n) is 2.61. The van der Waals surface area contributed by atoms with Gasteiger partial charge in [-0.25, -0.2) is 10.8 Å². The average molecular weight is 276 g/mol. The maximum absolute atomic E-state index is 5.54. The quantitative estimate of drug-likeness (QED) is 0.332. The third kappa shape index (κ3) is 3.95. The monoisotopic (exact) mass is 276 g/mol. The van der Waals surface area contributed by atoms with Crippen LogP contribution < -0.4 is 16.6 Å². The number of benzene rings is 1. The molecule has 0 fully saturated rings. The van der Waals surface area contributed by atoms with Crippen LogP contribution in [0, 0.1) is 0 Å². The van der Waals surface area contributed by atoms with Gasteiger partial charge >= 0.3 is 0 Å². The maximum Gasteiger partial charge on any atom is 0.206 e. The lowest BCUT2D eigenvalue weighted by Gasteiger charge is -2.23. The molecular weight excluding hydrogens is 252 g/mol. The fraction of sp³-hybridized carbons (Fsp3) is 0.533. The van der Waals surface area contributed by atoms with Crippen molar-refractivity contribution in [3.8, 4) is 0 Å². The molecule has 1 aromatic rings. The highest BCUT2D eigenvalue weighted by Gasteiger charge is 2.18. The molecule has 1 aliphatic carbocycles. The van der Waals surface area contributed by atoms with Gasteiger partial charge < -0.3 is 10.1 Å². The van der Waals surface area contributed by atoms with Crippen molar-refractivity contribution in [3.05, 3.63) is 35.4 Å². The summed E-state index contributed by atoms with van der Waals surface area (Å²) < 4.78 is 5.10. The van der Waals surface area contributed by atoms with Crippen LogP contribution in [0.2, 0.25) is 0 Å². The third-order valence-corrected chi connectivity index (χ3v) is 3.57. The lowest BCUT2D eigenvalue weighted by molar-refractivity contribution is 0.179. The Morgan fingerprint density at radius 2 is 2.20 bits per heavy atom. The van der Waals surface area contributed by atoms with Gasteiger partial charge in [0.2, 0.25) is 5.96 Å². The lowest BCUT2D eigenvalue weighted by Crippen LogP contribution is -2.47. The number of guanidine groups is 1. The zero-order chi connectivity index (χ0) is 14.4. The predicted octanol–water partition coefficient (Wildman–Crippen LogP) is 0.988. The highest BCUT2D eigenvalue weighted by Crippen LogP contribution is 2.22. The smallest absolute Gasteiger partial charge is 0.206 e. The zero-order valence-corrected chi connectivity index (χ0v) is 12.2. The van der Waals surface area contributed by atoms with E-state index in [1.54, 1.807) is 7.11 Å². The van der Waals surface area contributed by atoms with E-state index in [-0.39, 0.29) is 12.1 Å². The van der Waals surface area contributed by atoms with E-state index in [1.807, 2.05) is 6.92 Å². The van der Waals surface area contributed by atoms with E-state index in [0.717, 1.165) is 19.3 Å². The molecule has 4 N–H and O–H groups in total.